The van der Waals surface area contributed by atoms with Crippen molar-refractivity contribution < 1.29 is 8.42 Å². The SMILES string of the molecule is Cn1cnnc1CS(=O)(=O)[C@H]1CCc2c(Cl)cc(Cl)cc21. The number of hydrogen-bond acceptors (Lipinski definition) is 4. The molecule has 0 N–H and O–H groups in total. The van der Waals surface area contributed by atoms with E-state index in [-0.39, 0.29) is 5.75 Å². The zero-order chi connectivity index (χ0) is 15.2. The van der Waals surface area contributed by atoms with Crippen molar-refractivity contribution in [1.82, 2.24) is 14.8 Å². The Morgan fingerprint density at radius 3 is 2.81 bits per heavy atom. The van der Waals surface area contributed by atoms with Gasteiger partial charge in [-0.3, -0.25) is 0 Å². The number of hydrogen-bond donors (Lipinski definition) is 0. The molecule has 1 aromatic heterocycles. The zero-order valence-corrected chi connectivity index (χ0v) is 13.6. The molecule has 0 fully saturated rings. The van der Waals surface area contributed by atoms with Crippen molar-refractivity contribution >= 4 is 33.0 Å². The van der Waals surface area contributed by atoms with Gasteiger partial charge in [-0.15, -0.1) is 10.2 Å². The fourth-order valence-corrected chi connectivity index (χ4v) is 5.20. The Hall–Kier alpha value is -1.11. The Bertz CT molecular complexity index is 802. The van der Waals surface area contributed by atoms with E-state index in [1.54, 1.807) is 23.7 Å². The molecule has 5 nitrogen and oxygen atoms in total. The van der Waals surface area contributed by atoms with Crippen molar-refractivity contribution in [2.24, 2.45) is 7.05 Å². The molecule has 1 aliphatic carbocycles. The molecule has 0 spiro atoms. The first-order valence-electron chi connectivity index (χ1n) is 6.41. The summed E-state index contributed by atoms with van der Waals surface area (Å²) in [5.41, 5.74) is 1.60. The van der Waals surface area contributed by atoms with Gasteiger partial charge in [0, 0.05) is 17.1 Å². The van der Waals surface area contributed by atoms with Crippen LogP contribution >= 0.6 is 23.2 Å². The summed E-state index contributed by atoms with van der Waals surface area (Å²) in [7, 11) is -1.67. The van der Waals surface area contributed by atoms with Crippen molar-refractivity contribution in [3.8, 4) is 0 Å². The summed E-state index contributed by atoms with van der Waals surface area (Å²) >= 11 is 12.2. The molecular weight excluding hydrogens is 333 g/mol. The van der Waals surface area contributed by atoms with E-state index in [9.17, 15) is 8.42 Å². The summed E-state index contributed by atoms with van der Waals surface area (Å²) in [6.07, 6.45) is 2.66. The Balaban J connectivity index is 1.98. The van der Waals surface area contributed by atoms with Crippen LogP contribution in [0.25, 0.3) is 0 Å². The molecule has 1 aliphatic rings. The maximum absolute atomic E-state index is 12.7. The minimum atomic E-state index is -3.39. The zero-order valence-electron chi connectivity index (χ0n) is 11.3. The third-order valence-corrected chi connectivity index (χ3v) is 6.34. The Morgan fingerprint density at radius 1 is 1.38 bits per heavy atom. The summed E-state index contributed by atoms with van der Waals surface area (Å²) in [5.74, 6) is 0.286. The van der Waals surface area contributed by atoms with E-state index in [4.69, 9.17) is 23.2 Å². The monoisotopic (exact) mass is 345 g/mol. The maximum atomic E-state index is 12.7. The molecule has 21 heavy (non-hydrogen) atoms. The smallest absolute Gasteiger partial charge is 0.164 e. The van der Waals surface area contributed by atoms with Gasteiger partial charge in [0.25, 0.3) is 0 Å². The number of aromatic nitrogens is 3. The van der Waals surface area contributed by atoms with Crippen molar-refractivity contribution in [3.63, 3.8) is 0 Å². The molecule has 1 atom stereocenters. The molecule has 1 heterocycles. The minimum absolute atomic E-state index is 0.141. The normalized spacial score (nSPS) is 18.0. The van der Waals surface area contributed by atoms with Gasteiger partial charge < -0.3 is 4.57 Å². The minimum Gasteiger partial charge on any atom is -0.320 e. The van der Waals surface area contributed by atoms with Crippen LogP contribution in [0.3, 0.4) is 0 Å². The summed E-state index contributed by atoms with van der Waals surface area (Å²) in [4.78, 5) is 0. The molecule has 8 heteroatoms. The quantitative estimate of drug-likeness (QED) is 0.857. The Labute approximate surface area is 132 Å². The standard InChI is InChI=1S/C13H13Cl2N3O2S/c1-18-7-16-17-13(18)6-21(19,20)12-3-2-9-10(12)4-8(14)5-11(9)15/h4-5,7,12H,2-3,6H2,1H3/t12-/m0/s1. The molecule has 0 amide bonds. The maximum Gasteiger partial charge on any atom is 0.164 e. The van der Waals surface area contributed by atoms with E-state index in [0.29, 0.717) is 28.7 Å². The van der Waals surface area contributed by atoms with Crippen LogP contribution in [0.4, 0.5) is 0 Å². The topological polar surface area (TPSA) is 64.8 Å². The fraction of sp³-hybridized carbons (Fsp3) is 0.385. The van der Waals surface area contributed by atoms with Crippen molar-refractivity contribution in [2.75, 3.05) is 0 Å². The second-order valence-electron chi connectivity index (χ2n) is 5.15. The van der Waals surface area contributed by atoms with Gasteiger partial charge in [0.05, 0.1) is 5.25 Å². The average Bonchev–Trinajstić information content (AvgIpc) is 2.96. The summed E-state index contributed by atoms with van der Waals surface area (Å²) < 4.78 is 27.0. The number of aryl methyl sites for hydroxylation is 1. The van der Waals surface area contributed by atoms with Gasteiger partial charge in [-0.1, -0.05) is 23.2 Å². The van der Waals surface area contributed by atoms with E-state index in [0.717, 1.165) is 11.1 Å². The highest BCUT2D eigenvalue weighted by molar-refractivity contribution is 7.90. The average molecular weight is 346 g/mol. The fourth-order valence-electron chi connectivity index (χ4n) is 2.70. The largest absolute Gasteiger partial charge is 0.320 e. The molecule has 0 bridgehead atoms. The van der Waals surface area contributed by atoms with Crippen LogP contribution in [-0.4, -0.2) is 23.2 Å². The van der Waals surface area contributed by atoms with Gasteiger partial charge in [-0.05, 0) is 36.1 Å². The first-order chi connectivity index (χ1) is 9.88. The van der Waals surface area contributed by atoms with Crippen LogP contribution in [0.2, 0.25) is 10.0 Å². The second kappa shape index (κ2) is 5.26. The molecule has 112 valence electrons. The molecule has 1 aromatic carbocycles. The highest BCUT2D eigenvalue weighted by atomic mass is 35.5. The van der Waals surface area contributed by atoms with Crippen molar-refractivity contribution in [3.05, 3.63) is 45.5 Å². The van der Waals surface area contributed by atoms with E-state index in [2.05, 4.69) is 10.2 Å². The molecule has 0 aliphatic heterocycles. The summed E-state index contributed by atoms with van der Waals surface area (Å²) in [6.45, 7) is 0. The van der Waals surface area contributed by atoms with Crippen LogP contribution in [0, 0.1) is 0 Å². The lowest BCUT2D eigenvalue weighted by Gasteiger charge is -2.13. The number of sulfone groups is 1. The van der Waals surface area contributed by atoms with E-state index in [1.807, 2.05) is 0 Å². The van der Waals surface area contributed by atoms with Crippen LogP contribution in [0.5, 0.6) is 0 Å². The predicted octanol–water partition coefficient (Wildman–Crippen LogP) is 2.72. The van der Waals surface area contributed by atoms with Gasteiger partial charge in [0.2, 0.25) is 0 Å². The molecule has 0 radical (unpaired) electrons. The molecular formula is C13H13Cl2N3O2S. The van der Waals surface area contributed by atoms with E-state index < -0.39 is 15.1 Å². The predicted molar refractivity (Wildman–Crippen MR) is 81.2 cm³/mol. The Morgan fingerprint density at radius 2 is 2.14 bits per heavy atom. The highest BCUT2D eigenvalue weighted by Crippen LogP contribution is 2.42. The second-order valence-corrected chi connectivity index (χ2v) is 8.18. The van der Waals surface area contributed by atoms with Gasteiger partial charge in [-0.2, -0.15) is 0 Å². The van der Waals surface area contributed by atoms with Gasteiger partial charge in [0.1, 0.15) is 17.9 Å². The van der Waals surface area contributed by atoms with Crippen LogP contribution < -0.4 is 0 Å². The number of nitrogens with zero attached hydrogens (tertiary/aromatic N) is 3. The first-order valence-corrected chi connectivity index (χ1v) is 8.88. The summed E-state index contributed by atoms with van der Waals surface area (Å²) in [5, 5.41) is 7.97. The van der Waals surface area contributed by atoms with Crippen molar-refractivity contribution in [1.29, 1.82) is 0 Å². The van der Waals surface area contributed by atoms with Gasteiger partial charge >= 0.3 is 0 Å². The van der Waals surface area contributed by atoms with Gasteiger partial charge in [-0.25, -0.2) is 8.42 Å². The van der Waals surface area contributed by atoms with Crippen LogP contribution in [-0.2, 0) is 29.1 Å². The lowest BCUT2D eigenvalue weighted by molar-refractivity contribution is 0.577. The number of benzene rings is 1. The molecule has 0 saturated heterocycles. The first kappa shape index (κ1) is 14.8. The van der Waals surface area contributed by atoms with Crippen LogP contribution in [0.15, 0.2) is 18.5 Å². The summed E-state index contributed by atoms with van der Waals surface area (Å²) in [6, 6.07) is 3.36. The third kappa shape index (κ3) is 2.67. The van der Waals surface area contributed by atoms with Gasteiger partial charge in [0.15, 0.2) is 9.84 Å². The van der Waals surface area contributed by atoms with Crippen LogP contribution in [0.1, 0.15) is 28.6 Å². The van der Waals surface area contributed by atoms with Crippen molar-refractivity contribution in [2.45, 2.75) is 23.8 Å². The van der Waals surface area contributed by atoms with E-state index >= 15 is 0 Å². The highest BCUT2D eigenvalue weighted by Gasteiger charge is 2.35. The lowest BCUT2D eigenvalue weighted by Crippen LogP contribution is -2.15. The number of rotatable bonds is 3. The third-order valence-electron chi connectivity index (χ3n) is 3.77. The number of halogens is 2. The lowest BCUT2D eigenvalue weighted by atomic mass is 10.1. The Kier molecular flexibility index (Phi) is 3.71. The number of fused-ring (bicyclic) bond motifs is 1. The molecule has 2 aromatic rings. The molecule has 0 unspecified atom stereocenters. The molecule has 3 rings (SSSR count). The van der Waals surface area contributed by atoms with E-state index in [1.165, 1.54) is 6.33 Å². The molecule has 0 saturated carbocycles.